The molecule has 4 rings (SSSR count). The fourth-order valence-electron chi connectivity index (χ4n) is 3.67. The van der Waals surface area contributed by atoms with Crippen LogP contribution in [0.5, 0.6) is 0 Å². The van der Waals surface area contributed by atoms with E-state index in [2.05, 4.69) is 11.9 Å². The summed E-state index contributed by atoms with van der Waals surface area (Å²) in [5, 5.41) is 2.07. The molecule has 0 fully saturated rings. The van der Waals surface area contributed by atoms with Gasteiger partial charge in [-0.1, -0.05) is 23.9 Å². The average Bonchev–Trinajstić information content (AvgIpc) is 3.06. The van der Waals surface area contributed by atoms with Crippen molar-refractivity contribution in [3.63, 3.8) is 0 Å². The number of thiophene rings is 1. The summed E-state index contributed by atoms with van der Waals surface area (Å²) in [6.07, 6.45) is 0.885. The number of para-hydroxylation sites is 1. The molecule has 0 saturated heterocycles. The lowest BCUT2D eigenvalue weighted by molar-refractivity contribution is 0.0743. The topological polar surface area (TPSA) is 95.9 Å². The zero-order valence-electron chi connectivity index (χ0n) is 19.6. The van der Waals surface area contributed by atoms with E-state index in [9.17, 15) is 4.79 Å². The Kier molecular flexibility index (Phi) is 7.02. The number of nitrogens with two attached hydrogens (primary N) is 1. The van der Waals surface area contributed by atoms with Gasteiger partial charge in [-0.05, 0) is 58.7 Å². The first-order chi connectivity index (χ1) is 15.8. The minimum atomic E-state index is -0.134. The number of rotatable bonds is 8. The standard InChI is InChI=1S/C24H29N5O2S2/c1-13(2)31-12-8-11-29-23(30)17-9-6-7-10-18(17)26-24(29)33-16(5)21-27-20(25)19-14(3)15(4)32-22(19)28-21/h6-7,9-10,13,16H,8,11-12H2,1-5H3,(H2,25,27,28). The normalized spacial score (nSPS) is 12.8. The lowest BCUT2D eigenvalue weighted by atomic mass is 10.2. The molecular weight excluding hydrogens is 454 g/mol. The van der Waals surface area contributed by atoms with Gasteiger partial charge in [-0.25, -0.2) is 15.0 Å². The van der Waals surface area contributed by atoms with Crippen molar-refractivity contribution in [3.05, 3.63) is 50.9 Å². The van der Waals surface area contributed by atoms with Crippen LogP contribution in [0.2, 0.25) is 0 Å². The van der Waals surface area contributed by atoms with Gasteiger partial charge in [0.15, 0.2) is 5.16 Å². The number of anilines is 1. The van der Waals surface area contributed by atoms with Crippen molar-refractivity contribution in [1.82, 2.24) is 19.5 Å². The van der Waals surface area contributed by atoms with Gasteiger partial charge < -0.3 is 10.5 Å². The second-order valence-corrected chi connectivity index (χ2v) is 10.8. The first-order valence-corrected chi connectivity index (χ1v) is 12.8. The lowest BCUT2D eigenvalue weighted by Crippen LogP contribution is -2.24. The van der Waals surface area contributed by atoms with Crippen molar-refractivity contribution in [3.8, 4) is 0 Å². The number of fused-ring (bicyclic) bond motifs is 2. The Morgan fingerprint density at radius 3 is 2.67 bits per heavy atom. The van der Waals surface area contributed by atoms with Crippen molar-refractivity contribution in [2.75, 3.05) is 12.3 Å². The van der Waals surface area contributed by atoms with E-state index in [1.807, 2.05) is 52.0 Å². The molecular formula is C24H29N5O2S2. The number of aryl methyl sites for hydroxylation is 2. The second kappa shape index (κ2) is 9.79. The Labute approximate surface area is 201 Å². The van der Waals surface area contributed by atoms with Crippen LogP contribution in [0.4, 0.5) is 5.82 Å². The van der Waals surface area contributed by atoms with Gasteiger partial charge in [-0.3, -0.25) is 9.36 Å². The number of nitrogen functional groups attached to an aromatic ring is 1. The summed E-state index contributed by atoms with van der Waals surface area (Å²) in [4.78, 5) is 29.6. The fourth-order valence-corrected chi connectivity index (χ4v) is 5.69. The SMILES string of the molecule is Cc1sc2nc(C(C)Sc3nc4ccccc4c(=O)n3CCCOC(C)C)nc(N)c2c1C. The van der Waals surface area contributed by atoms with Gasteiger partial charge in [0, 0.05) is 18.0 Å². The minimum Gasteiger partial charge on any atom is -0.383 e. The molecule has 3 aromatic heterocycles. The van der Waals surface area contributed by atoms with Crippen LogP contribution in [0.25, 0.3) is 21.1 Å². The maximum absolute atomic E-state index is 13.3. The number of ether oxygens (including phenoxy) is 1. The van der Waals surface area contributed by atoms with E-state index >= 15 is 0 Å². The third-order valence-corrected chi connectivity index (χ3v) is 7.71. The van der Waals surface area contributed by atoms with Gasteiger partial charge in [0.2, 0.25) is 0 Å². The highest BCUT2D eigenvalue weighted by atomic mass is 32.2. The summed E-state index contributed by atoms with van der Waals surface area (Å²) in [7, 11) is 0. The predicted octanol–water partition coefficient (Wildman–Crippen LogP) is 5.27. The zero-order chi connectivity index (χ0) is 23.7. The van der Waals surface area contributed by atoms with Crippen LogP contribution in [0, 0.1) is 13.8 Å². The highest BCUT2D eigenvalue weighted by Gasteiger charge is 2.20. The summed E-state index contributed by atoms with van der Waals surface area (Å²) in [5.41, 5.74) is 8.08. The Balaban J connectivity index is 1.68. The Hall–Kier alpha value is -2.49. The Morgan fingerprint density at radius 1 is 1.15 bits per heavy atom. The molecule has 0 spiro atoms. The number of aromatic nitrogens is 4. The van der Waals surface area contributed by atoms with Crippen LogP contribution in [-0.2, 0) is 11.3 Å². The van der Waals surface area contributed by atoms with Gasteiger partial charge in [0.05, 0.1) is 27.6 Å². The average molecular weight is 484 g/mol. The minimum absolute atomic E-state index is 0.0414. The van der Waals surface area contributed by atoms with Gasteiger partial charge >= 0.3 is 0 Å². The van der Waals surface area contributed by atoms with Crippen LogP contribution in [0.3, 0.4) is 0 Å². The van der Waals surface area contributed by atoms with Crippen LogP contribution in [0.15, 0.2) is 34.2 Å². The van der Waals surface area contributed by atoms with E-state index in [1.54, 1.807) is 15.9 Å². The maximum Gasteiger partial charge on any atom is 0.262 e. The van der Waals surface area contributed by atoms with Crippen LogP contribution < -0.4 is 11.3 Å². The van der Waals surface area contributed by atoms with Crippen LogP contribution >= 0.6 is 23.1 Å². The molecule has 1 atom stereocenters. The first kappa shape index (κ1) is 23.7. The molecule has 0 amide bonds. The van der Waals surface area contributed by atoms with E-state index in [0.717, 1.165) is 22.2 Å². The van der Waals surface area contributed by atoms with Crippen LogP contribution in [0.1, 0.15) is 48.7 Å². The second-order valence-electron chi connectivity index (χ2n) is 8.33. The maximum atomic E-state index is 13.3. The summed E-state index contributed by atoms with van der Waals surface area (Å²) < 4.78 is 7.42. The van der Waals surface area contributed by atoms with Crippen molar-refractivity contribution in [1.29, 1.82) is 0 Å². The van der Waals surface area contributed by atoms with Gasteiger partial charge in [-0.2, -0.15) is 0 Å². The Bertz CT molecular complexity index is 1360. The van der Waals surface area contributed by atoms with E-state index in [-0.39, 0.29) is 16.9 Å². The molecule has 0 saturated carbocycles. The number of nitrogens with zero attached hydrogens (tertiary/aromatic N) is 4. The summed E-state index contributed by atoms with van der Waals surface area (Å²) in [6, 6.07) is 7.45. The molecule has 0 aliphatic carbocycles. The van der Waals surface area contributed by atoms with Crippen LogP contribution in [-0.4, -0.2) is 32.2 Å². The third kappa shape index (κ3) is 4.90. The molecule has 0 radical (unpaired) electrons. The molecule has 4 aromatic rings. The molecule has 2 N–H and O–H groups in total. The lowest BCUT2D eigenvalue weighted by Gasteiger charge is -2.16. The monoisotopic (exact) mass is 483 g/mol. The number of benzene rings is 1. The zero-order valence-corrected chi connectivity index (χ0v) is 21.2. The highest BCUT2D eigenvalue weighted by molar-refractivity contribution is 7.99. The first-order valence-electron chi connectivity index (χ1n) is 11.1. The smallest absolute Gasteiger partial charge is 0.262 e. The van der Waals surface area contributed by atoms with E-state index in [4.69, 9.17) is 20.4 Å². The van der Waals surface area contributed by atoms with E-state index in [1.165, 1.54) is 16.6 Å². The van der Waals surface area contributed by atoms with E-state index < -0.39 is 0 Å². The fraction of sp³-hybridized carbons (Fsp3) is 0.417. The van der Waals surface area contributed by atoms with Crippen molar-refractivity contribution < 1.29 is 4.74 Å². The molecule has 1 aromatic carbocycles. The largest absolute Gasteiger partial charge is 0.383 e. The number of hydrogen-bond donors (Lipinski definition) is 1. The quantitative estimate of drug-likeness (QED) is 0.207. The molecule has 9 heteroatoms. The molecule has 174 valence electrons. The molecule has 0 aliphatic heterocycles. The van der Waals surface area contributed by atoms with Crippen molar-refractivity contribution in [2.45, 2.75) is 64.1 Å². The highest BCUT2D eigenvalue weighted by Crippen LogP contribution is 2.37. The van der Waals surface area contributed by atoms with Gasteiger partial charge in [0.25, 0.3) is 5.56 Å². The molecule has 7 nitrogen and oxygen atoms in total. The molecule has 0 bridgehead atoms. The van der Waals surface area contributed by atoms with Gasteiger partial charge in [-0.15, -0.1) is 11.3 Å². The molecule has 0 aliphatic rings. The van der Waals surface area contributed by atoms with Crippen molar-refractivity contribution in [2.24, 2.45) is 0 Å². The summed E-state index contributed by atoms with van der Waals surface area (Å²) in [5.74, 6) is 1.14. The van der Waals surface area contributed by atoms with Crippen molar-refractivity contribution >= 4 is 50.0 Å². The summed E-state index contributed by atoms with van der Waals surface area (Å²) >= 11 is 3.11. The Morgan fingerprint density at radius 2 is 1.91 bits per heavy atom. The molecule has 33 heavy (non-hydrogen) atoms. The third-order valence-electron chi connectivity index (χ3n) is 5.52. The van der Waals surface area contributed by atoms with Gasteiger partial charge in [0.1, 0.15) is 16.5 Å². The molecule has 3 heterocycles. The number of hydrogen-bond acceptors (Lipinski definition) is 8. The predicted molar refractivity (Wildman–Crippen MR) is 137 cm³/mol. The number of thioether (sulfide) groups is 1. The molecule has 1 unspecified atom stereocenters. The summed E-state index contributed by atoms with van der Waals surface area (Å²) in [6.45, 7) is 11.3. The van der Waals surface area contributed by atoms with E-state index in [0.29, 0.717) is 40.9 Å².